The number of anilines is 6. The van der Waals surface area contributed by atoms with Crippen LogP contribution in [0.1, 0.15) is 0 Å². The van der Waals surface area contributed by atoms with Crippen molar-refractivity contribution < 1.29 is 0 Å². The van der Waals surface area contributed by atoms with Gasteiger partial charge in [0.25, 0.3) is 6.71 Å². The first-order valence-electron chi connectivity index (χ1n) is 15.7. The number of para-hydroxylation sites is 1. The summed E-state index contributed by atoms with van der Waals surface area (Å²) in [5, 5.41) is 7.51. The summed E-state index contributed by atoms with van der Waals surface area (Å²) in [5.74, 6) is 0. The van der Waals surface area contributed by atoms with Gasteiger partial charge in [0.05, 0.1) is 5.69 Å². The minimum atomic E-state index is 0.106. The van der Waals surface area contributed by atoms with Crippen LogP contribution >= 0.6 is 0 Å². The summed E-state index contributed by atoms with van der Waals surface area (Å²) in [7, 11) is 0. The molecular formula is C42H27BN2. The van der Waals surface area contributed by atoms with E-state index in [0.717, 1.165) is 0 Å². The second-order valence-corrected chi connectivity index (χ2v) is 12.1. The van der Waals surface area contributed by atoms with Crippen LogP contribution in [0, 0.1) is 0 Å². The van der Waals surface area contributed by atoms with Gasteiger partial charge in [-0.05, 0) is 74.3 Å². The molecule has 0 bridgehead atoms. The average molecular weight is 571 g/mol. The number of benzene rings is 8. The molecule has 2 nitrogen and oxygen atoms in total. The molecule has 0 N–H and O–H groups in total. The number of rotatable bonds is 2. The Balaban J connectivity index is 1.33. The van der Waals surface area contributed by atoms with Gasteiger partial charge in [0.2, 0.25) is 0 Å². The van der Waals surface area contributed by atoms with E-state index in [4.69, 9.17) is 0 Å². The first-order chi connectivity index (χ1) is 22.3. The lowest BCUT2D eigenvalue weighted by molar-refractivity contribution is 1.27. The molecule has 3 heteroatoms. The quantitative estimate of drug-likeness (QED) is 0.191. The Kier molecular flexibility index (Phi) is 5.12. The number of hydrogen-bond donors (Lipinski definition) is 0. The first-order valence-corrected chi connectivity index (χ1v) is 15.7. The fourth-order valence-corrected chi connectivity index (χ4v) is 7.89. The molecular weight excluding hydrogens is 543 g/mol. The van der Waals surface area contributed by atoms with Crippen molar-refractivity contribution in [1.29, 1.82) is 0 Å². The molecule has 8 aromatic carbocycles. The lowest BCUT2D eigenvalue weighted by atomic mass is 9.33. The summed E-state index contributed by atoms with van der Waals surface area (Å²) in [6, 6.07) is 60.3. The third-order valence-electron chi connectivity index (χ3n) is 9.78. The Morgan fingerprint density at radius 1 is 0.356 bits per heavy atom. The first kappa shape index (κ1) is 24.6. The van der Waals surface area contributed by atoms with Crippen LogP contribution in [0.3, 0.4) is 0 Å². The molecule has 45 heavy (non-hydrogen) atoms. The van der Waals surface area contributed by atoms with E-state index >= 15 is 0 Å². The minimum Gasteiger partial charge on any atom is -0.311 e. The van der Waals surface area contributed by atoms with E-state index in [2.05, 4.69) is 174 Å². The van der Waals surface area contributed by atoms with Gasteiger partial charge >= 0.3 is 0 Å². The third-order valence-corrected chi connectivity index (χ3v) is 9.78. The van der Waals surface area contributed by atoms with Crippen molar-refractivity contribution in [2.75, 3.05) is 9.80 Å². The highest BCUT2D eigenvalue weighted by molar-refractivity contribution is 7.00. The molecule has 2 heterocycles. The van der Waals surface area contributed by atoms with Crippen molar-refractivity contribution >= 4 is 89.5 Å². The van der Waals surface area contributed by atoms with Crippen LogP contribution in [0.4, 0.5) is 34.1 Å². The smallest absolute Gasteiger partial charge is 0.252 e. The molecule has 0 atom stereocenters. The molecule has 2 aliphatic heterocycles. The number of hydrogen-bond acceptors (Lipinski definition) is 2. The zero-order valence-corrected chi connectivity index (χ0v) is 24.6. The highest BCUT2D eigenvalue weighted by Crippen LogP contribution is 2.47. The number of fused-ring (bicyclic) bond motifs is 8. The normalized spacial score (nSPS) is 13.2. The zero-order valence-electron chi connectivity index (χ0n) is 24.6. The topological polar surface area (TPSA) is 6.48 Å². The molecule has 0 fully saturated rings. The van der Waals surface area contributed by atoms with E-state index in [1.54, 1.807) is 0 Å². The maximum absolute atomic E-state index is 2.54. The van der Waals surface area contributed by atoms with Crippen molar-refractivity contribution in [1.82, 2.24) is 0 Å². The standard InChI is InChI=1S/C42H27BN2/c1-2-14-31-27-32(25-23-28(31)11-1)44-38-19-8-7-18-35(38)43-36-26-24-30-13-4-6-17-34(30)42(36)45(40-22-10-21-39(44)41(40)43)37-20-9-15-29-12-3-5-16-33(29)37/h1-27H. The molecule has 0 saturated carbocycles. The fourth-order valence-electron chi connectivity index (χ4n) is 7.89. The molecule has 2 aliphatic rings. The van der Waals surface area contributed by atoms with Crippen molar-refractivity contribution in [3.05, 3.63) is 164 Å². The predicted octanol–water partition coefficient (Wildman–Crippen LogP) is 9.23. The molecule has 8 aromatic rings. The van der Waals surface area contributed by atoms with Gasteiger partial charge in [0.15, 0.2) is 0 Å². The molecule has 0 aliphatic carbocycles. The van der Waals surface area contributed by atoms with Crippen molar-refractivity contribution in [3.63, 3.8) is 0 Å². The second-order valence-electron chi connectivity index (χ2n) is 12.1. The minimum absolute atomic E-state index is 0.106. The summed E-state index contributed by atoms with van der Waals surface area (Å²) < 4.78 is 0. The van der Waals surface area contributed by atoms with Crippen molar-refractivity contribution in [2.24, 2.45) is 0 Å². The van der Waals surface area contributed by atoms with Gasteiger partial charge in [-0.15, -0.1) is 0 Å². The summed E-state index contributed by atoms with van der Waals surface area (Å²) in [5.41, 5.74) is 11.4. The van der Waals surface area contributed by atoms with Crippen LogP contribution in [-0.4, -0.2) is 6.71 Å². The molecule has 10 rings (SSSR count). The van der Waals surface area contributed by atoms with Crippen molar-refractivity contribution in [3.8, 4) is 0 Å². The highest BCUT2D eigenvalue weighted by Gasteiger charge is 2.43. The van der Waals surface area contributed by atoms with Gasteiger partial charge in [-0.2, -0.15) is 0 Å². The van der Waals surface area contributed by atoms with Gasteiger partial charge in [-0.3, -0.25) is 0 Å². The van der Waals surface area contributed by atoms with Gasteiger partial charge in [-0.1, -0.05) is 127 Å². The van der Waals surface area contributed by atoms with Gasteiger partial charge in [0, 0.05) is 39.2 Å². The van der Waals surface area contributed by atoms with E-state index in [1.807, 2.05) is 0 Å². The third kappa shape index (κ3) is 3.47. The van der Waals surface area contributed by atoms with Crippen molar-refractivity contribution in [2.45, 2.75) is 0 Å². The summed E-state index contributed by atoms with van der Waals surface area (Å²) in [4.78, 5) is 5.02. The lowest BCUT2D eigenvalue weighted by Gasteiger charge is -2.44. The Bertz CT molecular complexity index is 2480. The lowest BCUT2D eigenvalue weighted by Crippen LogP contribution is -2.61. The summed E-state index contributed by atoms with van der Waals surface area (Å²) in [6.07, 6.45) is 0. The predicted molar refractivity (Wildman–Crippen MR) is 193 cm³/mol. The maximum atomic E-state index is 2.54. The average Bonchev–Trinajstić information content (AvgIpc) is 3.11. The molecule has 0 amide bonds. The largest absolute Gasteiger partial charge is 0.311 e. The van der Waals surface area contributed by atoms with E-state index < -0.39 is 0 Å². The van der Waals surface area contributed by atoms with Crippen LogP contribution < -0.4 is 26.2 Å². The molecule has 0 saturated heterocycles. The van der Waals surface area contributed by atoms with Crippen LogP contribution in [0.2, 0.25) is 0 Å². The summed E-state index contributed by atoms with van der Waals surface area (Å²) in [6.45, 7) is 0.106. The van der Waals surface area contributed by atoms with Gasteiger partial charge in [-0.25, -0.2) is 0 Å². The van der Waals surface area contributed by atoms with Crippen LogP contribution in [0.15, 0.2) is 164 Å². The van der Waals surface area contributed by atoms with Gasteiger partial charge < -0.3 is 9.80 Å². The second kappa shape index (κ2) is 9.35. The fraction of sp³-hybridized carbons (Fsp3) is 0. The Hall–Kier alpha value is -5.80. The Morgan fingerprint density at radius 3 is 1.80 bits per heavy atom. The molecule has 0 radical (unpaired) electrons. The molecule has 0 unspecified atom stereocenters. The van der Waals surface area contributed by atoms with E-state index in [-0.39, 0.29) is 6.71 Å². The molecule has 208 valence electrons. The SMILES string of the molecule is c1ccc2c(c1)B1c3ccc4ccccc4c3N(c3cccc4ccccc34)c3cccc(c31)N2c1ccc2ccccc2c1. The van der Waals surface area contributed by atoms with E-state index in [1.165, 1.54) is 82.8 Å². The zero-order chi connectivity index (χ0) is 29.5. The van der Waals surface area contributed by atoms with Crippen LogP contribution in [-0.2, 0) is 0 Å². The monoisotopic (exact) mass is 570 g/mol. The molecule has 0 aromatic heterocycles. The summed E-state index contributed by atoms with van der Waals surface area (Å²) >= 11 is 0. The highest BCUT2D eigenvalue weighted by atomic mass is 15.2. The maximum Gasteiger partial charge on any atom is 0.252 e. The van der Waals surface area contributed by atoms with Crippen LogP contribution in [0.25, 0.3) is 32.3 Å². The molecule has 0 spiro atoms. The Labute approximate surface area is 262 Å². The van der Waals surface area contributed by atoms with Crippen LogP contribution in [0.5, 0.6) is 0 Å². The van der Waals surface area contributed by atoms with E-state index in [9.17, 15) is 0 Å². The van der Waals surface area contributed by atoms with Gasteiger partial charge in [0.1, 0.15) is 0 Å². The van der Waals surface area contributed by atoms with E-state index in [0.29, 0.717) is 0 Å². The Morgan fingerprint density at radius 2 is 0.933 bits per heavy atom. The number of nitrogens with zero attached hydrogens (tertiary/aromatic N) is 2.